The number of thiazole rings is 1. The summed E-state index contributed by atoms with van der Waals surface area (Å²) in [5.74, 6) is 0.622. The molecular weight excluding hydrogens is 478 g/mol. The van der Waals surface area contributed by atoms with Crippen LogP contribution >= 0.6 is 23.3 Å². The van der Waals surface area contributed by atoms with Crippen LogP contribution in [0.1, 0.15) is 37.3 Å². The smallest absolute Gasteiger partial charge is 0.379 e. The van der Waals surface area contributed by atoms with Gasteiger partial charge in [0.05, 0.1) is 11.5 Å². The number of anilines is 1. The summed E-state index contributed by atoms with van der Waals surface area (Å²) in [6.45, 7) is -0.758. The Morgan fingerprint density at radius 1 is 1.18 bits per heavy atom. The second-order valence-corrected chi connectivity index (χ2v) is 8.87. The molecule has 180 valence electrons. The molecule has 1 saturated heterocycles. The van der Waals surface area contributed by atoms with Gasteiger partial charge >= 0.3 is 6.68 Å². The van der Waals surface area contributed by atoms with Crippen molar-refractivity contribution in [2.24, 2.45) is 0 Å². The number of aromatic nitrogens is 3. The van der Waals surface area contributed by atoms with Crippen LogP contribution in [0.3, 0.4) is 0 Å². The van der Waals surface area contributed by atoms with Gasteiger partial charge in [-0.25, -0.2) is 9.37 Å². The van der Waals surface area contributed by atoms with Gasteiger partial charge in [0, 0.05) is 42.0 Å². The number of benzene rings is 1. The van der Waals surface area contributed by atoms with Gasteiger partial charge < -0.3 is 9.46 Å². The average Bonchev–Trinajstić information content (AvgIpc) is 3.55. The number of fused-ring (bicyclic) bond motifs is 1. The van der Waals surface area contributed by atoms with Crippen molar-refractivity contribution in [1.82, 2.24) is 20.1 Å². The summed E-state index contributed by atoms with van der Waals surface area (Å²) >= 11 is 2.74. The van der Waals surface area contributed by atoms with E-state index in [0.717, 1.165) is 36.0 Å². The third kappa shape index (κ3) is 8.20. The Kier molecular flexibility index (Phi) is 10.3. The number of alkyl halides is 3. The molecule has 4 heterocycles. The third-order valence-corrected chi connectivity index (χ3v) is 6.64. The molecule has 12 heteroatoms. The third-order valence-electron chi connectivity index (χ3n) is 4.99. The number of nitrogens with one attached hydrogen (secondary N) is 2. The maximum Gasteiger partial charge on any atom is 0.379 e. The second kappa shape index (κ2) is 13.4. The molecule has 2 aromatic heterocycles. The minimum Gasteiger partial charge on any atom is -0.493 e. The lowest BCUT2D eigenvalue weighted by atomic mass is 9.96. The molecule has 1 fully saturated rings. The molecule has 2 aliphatic heterocycles. The molecule has 0 spiro atoms. The van der Waals surface area contributed by atoms with Crippen molar-refractivity contribution in [3.63, 3.8) is 0 Å². The van der Waals surface area contributed by atoms with E-state index < -0.39 is 6.68 Å². The fraction of sp³-hybridized carbons (Fsp3) is 0.429. The number of ether oxygens (including phenoxy) is 1. The Hall–Kier alpha value is -2.31. The van der Waals surface area contributed by atoms with Crippen molar-refractivity contribution in [2.75, 3.05) is 24.4 Å². The number of piperidine rings is 1. The minimum atomic E-state index is -3.67. The number of hydrogen-bond donors (Lipinski definition) is 2. The molecular formula is C21H25F4N5OS2. The highest BCUT2D eigenvalue weighted by Gasteiger charge is 2.29. The molecule has 2 aliphatic rings. The first kappa shape index (κ1) is 25.3. The number of likely N-dealkylation sites (tertiary alicyclic amines) is 1. The quantitative estimate of drug-likeness (QED) is 0.322. The summed E-state index contributed by atoms with van der Waals surface area (Å²) in [7, 11) is 0. The summed E-state index contributed by atoms with van der Waals surface area (Å²) in [5, 5.41) is 8.86. The molecule has 0 radical (unpaired) electrons. The molecule has 0 aliphatic carbocycles. The van der Waals surface area contributed by atoms with Gasteiger partial charge in [-0.1, -0.05) is 6.42 Å². The summed E-state index contributed by atoms with van der Waals surface area (Å²) in [4.78, 5) is 7.18. The van der Waals surface area contributed by atoms with E-state index in [-0.39, 0.29) is 11.9 Å². The van der Waals surface area contributed by atoms with Gasteiger partial charge in [-0.05, 0) is 56.1 Å². The van der Waals surface area contributed by atoms with E-state index in [0.29, 0.717) is 11.5 Å². The van der Waals surface area contributed by atoms with Gasteiger partial charge in [-0.2, -0.15) is 18.3 Å². The Labute approximate surface area is 197 Å². The number of hydrogen-bond acceptors (Lipinski definition) is 7. The van der Waals surface area contributed by atoms with Crippen molar-refractivity contribution in [3.05, 3.63) is 53.6 Å². The predicted molar refractivity (Wildman–Crippen MR) is 122 cm³/mol. The molecule has 0 saturated carbocycles. The van der Waals surface area contributed by atoms with E-state index in [1.54, 1.807) is 24.7 Å². The zero-order chi connectivity index (χ0) is 23.5. The fourth-order valence-corrected chi connectivity index (χ4v) is 4.91. The average molecular weight is 504 g/mol. The zero-order valence-corrected chi connectivity index (χ0v) is 19.4. The normalized spacial score (nSPS) is 17.7. The molecule has 2 N–H and O–H groups in total. The first-order chi connectivity index (χ1) is 16.0. The van der Waals surface area contributed by atoms with Crippen LogP contribution in [0.5, 0.6) is 5.75 Å². The predicted octanol–water partition coefficient (Wildman–Crippen LogP) is 6.30. The first-order valence-corrected chi connectivity index (χ1v) is 12.1. The molecule has 0 bridgehead atoms. The largest absolute Gasteiger partial charge is 0.493 e. The summed E-state index contributed by atoms with van der Waals surface area (Å²) in [5.41, 5.74) is 0.999. The van der Waals surface area contributed by atoms with Crippen molar-refractivity contribution >= 4 is 28.4 Å². The highest BCUT2D eigenvalue weighted by Crippen LogP contribution is 2.40. The van der Waals surface area contributed by atoms with E-state index in [1.807, 2.05) is 17.5 Å². The van der Waals surface area contributed by atoms with Gasteiger partial charge in [0.25, 0.3) is 0 Å². The van der Waals surface area contributed by atoms with Crippen LogP contribution in [-0.4, -0.2) is 46.5 Å². The molecule has 1 atom stereocenters. The topological polar surface area (TPSA) is 66.1 Å². The van der Waals surface area contributed by atoms with Crippen LogP contribution in [0.4, 0.5) is 22.7 Å². The number of nitrogens with zero attached hydrogens (tertiary/aromatic N) is 3. The molecule has 1 aromatic carbocycles. The van der Waals surface area contributed by atoms with E-state index in [2.05, 4.69) is 24.8 Å². The van der Waals surface area contributed by atoms with Crippen molar-refractivity contribution in [3.8, 4) is 5.75 Å². The highest BCUT2D eigenvalue weighted by molar-refractivity contribution is 8.00. The Morgan fingerprint density at radius 2 is 1.97 bits per heavy atom. The molecule has 0 amide bonds. The molecule has 1 unspecified atom stereocenters. The van der Waals surface area contributed by atoms with Gasteiger partial charge in [-0.3, -0.25) is 10.00 Å². The van der Waals surface area contributed by atoms with E-state index in [4.69, 9.17) is 4.74 Å². The van der Waals surface area contributed by atoms with Crippen molar-refractivity contribution in [1.29, 1.82) is 0 Å². The van der Waals surface area contributed by atoms with Crippen LogP contribution in [-0.2, 0) is 0 Å². The molecule has 5 rings (SSSR count). The number of rotatable bonds is 4. The minimum absolute atomic E-state index is 0.199. The van der Waals surface area contributed by atoms with Crippen molar-refractivity contribution < 1.29 is 22.3 Å². The lowest BCUT2D eigenvalue weighted by Crippen LogP contribution is -2.36. The van der Waals surface area contributed by atoms with Crippen LogP contribution in [0.2, 0.25) is 0 Å². The van der Waals surface area contributed by atoms with Gasteiger partial charge in [0.15, 0.2) is 5.13 Å². The van der Waals surface area contributed by atoms with Crippen molar-refractivity contribution in [2.45, 2.75) is 43.3 Å². The highest BCUT2D eigenvalue weighted by atomic mass is 32.2. The van der Waals surface area contributed by atoms with E-state index in [9.17, 15) is 17.6 Å². The van der Waals surface area contributed by atoms with E-state index >= 15 is 0 Å². The number of H-pyrrole nitrogens is 1. The fourth-order valence-electron chi connectivity index (χ4n) is 3.65. The van der Waals surface area contributed by atoms with Gasteiger partial charge in [0.2, 0.25) is 0 Å². The summed E-state index contributed by atoms with van der Waals surface area (Å²) in [6, 6.07) is 5.61. The molecule has 3 aromatic rings. The lowest BCUT2D eigenvalue weighted by Gasteiger charge is -2.38. The second-order valence-electron chi connectivity index (χ2n) is 7.13. The lowest BCUT2D eigenvalue weighted by molar-refractivity contribution is 0.00819. The maximum atomic E-state index is 14.6. The van der Waals surface area contributed by atoms with Crippen LogP contribution < -0.4 is 9.46 Å². The van der Waals surface area contributed by atoms with E-state index in [1.165, 1.54) is 42.5 Å². The monoisotopic (exact) mass is 503 g/mol. The first-order valence-electron chi connectivity index (χ1n) is 10.4. The van der Waals surface area contributed by atoms with Crippen LogP contribution in [0, 0.1) is 5.82 Å². The van der Waals surface area contributed by atoms with Crippen LogP contribution in [0.25, 0.3) is 0 Å². The Balaban J connectivity index is 0.000000287. The zero-order valence-electron chi connectivity index (χ0n) is 17.7. The van der Waals surface area contributed by atoms with Gasteiger partial charge in [0.1, 0.15) is 11.6 Å². The van der Waals surface area contributed by atoms with Crippen LogP contribution in [0.15, 0.2) is 47.1 Å². The Bertz CT molecular complexity index is 905. The summed E-state index contributed by atoms with van der Waals surface area (Å²) < 4.78 is 52.5. The standard InChI is InChI=1S/C17H20FN3OS2.C3H4N2.CHF3/c18-13-10-12-14(21-6-2-1-3-7-21)4-8-22-15(12)11-16(13)24-20-17-19-5-9-23-17;1-2-4-5-3-1;2-1(3)4/h5,9-11,14H,1-4,6-8H2,(H,19,20);1-3H,(H,4,5);1H. The summed E-state index contributed by atoms with van der Waals surface area (Å²) in [6.07, 6.45) is 9.90. The number of halogens is 4. The molecule has 6 nitrogen and oxygen atoms in total. The SMILES string of the molecule is FC(F)F.Fc1cc2c(cc1SNc1nccs1)OCCC2N1CCCCC1.c1cn[nH]c1. The molecule has 33 heavy (non-hydrogen) atoms. The van der Waals surface area contributed by atoms with Gasteiger partial charge in [-0.15, -0.1) is 11.3 Å². The maximum absolute atomic E-state index is 14.6. The number of aromatic amines is 1. The Morgan fingerprint density at radius 3 is 2.58 bits per heavy atom.